The van der Waals surface area contributed by atoms with E-state index in [4.69, 9.17) is 4.42 Å². The summed E-state index contributed by atoms with van der Waals surface area (Å²) in [6.07, 6.45) is 4.51. The molecule has 5 heteroatoms. The Morgan fingerprint density at radius 1 is 1.37 bits per heavy atom. The van der Waals surface area contributed by atoms with E-state index >= 15 is 0 Å². The van der Waals surface area contributed by atoms with E-state index in [1.165, 1.54) is 0 Å². The Balaban J connectivity index is 2.17. The largest absolute Gasteiger partial charge is 0.444 e. The van der Waals surface area contributed by atoms with Gasteiger partial charge in [-0.05, 0) is 47.8 Å². The summed E-state index contributed by atoms with van der Waals surface area (Å²) in [6.45, 7) is 2.28. The Bertz CT molecular complexity index is 469. The van der Waals surface area contributed by atoms with E-state index in [0.29, 0.717) is 23.4 Å². The van der Waals surface area contributed by atoms with Crippen LogP contribution in [0.15, 0.2) is 21.2 Å². The van der Waals surface area contributed by atoms with Crippen LogP contribution in [0.25, 0.3) is 0 Å². The van der Waals surface area contributed by atoms with Crippen molar-refractivity contribution in [1.29, 1.82) is 0 Å². The summed E-state index contributed by atoms with van der Waals surface area (Å²) < 4.78 is 5.88. The summed E-state index contributed by atoms with van der Waals surface area (Å²) in [4.78, 5) is 25.6. The van der Waals surface area contributed by atoms with E-state index in [-0.39, 0.29) is 17.7 Å². The average molecular weight is 328 g/mol. The van der Waals surface area contributed by atoms with Crippen LogP contribution in [-0.2, 0) is 4.79 Å². The molecule has 1 amide bonds. The van der Waals surface area contributed by atoms with Crippen LogP contribution in [-0.4, -0.2) is 29.2 Å². The Labute approximate surface area is 121 Å². The zero-order valence-corrected chi connectivity index (χ0v) is 12.6. The maximum atomic E-state index is 12.5. The molecule has 0 N–H and O–H groups in total. The second kappa shape index (κ2) is 6.37. The van der Waals surface area contributed by atoms with Crippen LogP contribution >= 0.6 is 15.9 Å². The first-order chi connectivity index (χ1) is 9.08. The minimum Gasteiger partial charge on any atom is -0.444 e. The lowest BCUT2D eigenvalue weighted by Gasteiger charge is -2.28. The number of amides is 1. The molecular formula is C14H18BrNO3. The highest BCUT2D eigenvalue weighted by atomic mass is 79.9. The first-order valence-electron chi connectivity index (χ1n) is 6.63. The van der Waals surface area contributed by atoms with Crippen molar-refractivity contribution in [3.05, 3.63) is 22.6 Å². The number of furan rings is 1. The minimum atomic E-state index is -0.112. The van der Waals surface area contributed by atoms with Crippen molar-refractivity contribution in [2.24, 2.45) is 0 Å². The molecule has 1 saturated heterocycles. The van der Waals surface area contributed by atoms with Crippen LogP contribution in [0.3, 0.4) is 0 Å². The molecule has 1 aromatic rings. The van der Waals surface area contributed by atoms with Gasteiger partial charge >= 0.3 is 0 Å². The molecule has 2 heterocycles. The number of rotatable bonds is 3. The maximum absolute atomic E-state index is 12.5. The van der Waals surface area contributed by atoms with Gasteiger partial charge in [-0.3, -0.25) is 9.59 Å². The number of carbonyl (C=O) groups excluding carboxylic acids is 2. The van der Waals surface area contributed by atoms with Crippen molar-refractivity contribution in [3.8, 4) is 0 Å². The molecular weight excluding hydrogens is 310 g/mol. The van der Waals surface area contributed by atoms with Gasteiger partial charge in [0, 0.05) is 19.0 Å². The Kier molecular flexibility index (Phi) is 4.80. The first-order valence-corrected chi connectivity index (χ1v) is 7.43. The Hall–Kier alpha value is -1.10. The van der Waals surface area contributed by atoms with Gasteiger partial charge in [0.2, 0.25) is 0 Å². The monoisotopic (exact) mass is 327 g/mol. The highest BCUT2D eigenvalue weighted by Gasteiger charge is 2.28. The normalized spacial score (nSPS) is 20.1. The predicted molar refractivity (Wildman–Crippen MR) is 75.0 cm³/mol. The summed E-state index contributed by atoms with van der Waals surface area (Å²) in [5.41, 5.74) is 0. The van der Waals surface area contributed by atoms with Crippen LogP contribution < -0.4 is 0 Å². The number of halogens is 1. The smallest absolute Gasteiger partial charge is 0.289 e. The fourth-order valence-electron chi connectivity index (χ4n) is 2.56. The van der Waals surface area contributed by atoms with E-state index in [1.807, 2.05) is 0 Å². The predicted octanol–water partition coefficient (Wildman–Crippen LogP) is 3.41. The van der Waals surface area contributed by atoms with E-state index in [1.54, 1.807) is 24.0 Å². The molecule has 0 bridgehead atoms. The average Bonchev–Trinajstić information content (AvgIpc) is 2.65. The van der Waals surface area contributed by atoms with E-state index in [0.717, 1.165) is 25.7 Å². The molecule has 2 rings (SSSR count). The molecule has 0 saturated carbocycles. The van der Waals surface area contributed by atoms with Crippen molar-refractivity contribution in [3.63, 3.8) is 0 Å². The molecule has 104 valence electrons. The van der Waals surface area contributed by atoms with E-state index in [2.05, 4.69) is 15.9 Å². The van der Waals surface area contributed by atoms with Crippen LogP contribution in [0.2, 0.25) is 0 Å². The third-order valence-electron chi connectivity index (χ3n) is 3.45. The van der Waals surface area contributed by atoms with Crippen LogP contribution in [0, 0.1) is 0 Å². The lowest BCUT2D eigenvalue weighted by Crippen LogP contribution is -2.40. The Morgan fingerprint density at radius 3 is 2.79 bits per heavy atom. The summed E-state index contributed by atoms with van der Waals surface area (Å²) in [6, 6.07) is 3.39. The molecule has 1 aromatic heterocycles. The summed E-state index contributed by atoms with van der Waals surface area (Å²) in [5, 5.41) is 0. The first kappa shape index (κ1) is 14.3. The molecule has 1 aliphatic heterocycles. The summed E-state index contributed by atoms with van der Waals surface area (Å²) in [7, 11) is 0. The van der Waals surface area contributed by atoms with Gasteiger partial charge in [0.1, 0.15) is 5.78 Å². The third-order valence-corrected chi connectivity index (χ3v) is 3.87. The van der Waals surface area contributed by atoms with Gasteiger partial charge in [0.15, 0.2) is 10.4 Å². The molecule has 1 unspecified atom stereocenters. The summed E-state index contributed by atoms with van der Waals surface area (Å²) >= 11 is 3.20. The van der Waals surface area contributed by atoms with Gasteiger partial charge in [-0.1, -0.05) is 12.8 Å². The van der Waals surface area contributed by atoms with Gasteiger partial charge in [-0.25, -0.2) is 0 Å². The molecule has 0 aromatic carbocycles. The van der Waals surface area contributed by atoms with Crippen molar-refractivity contribution >= 4 is 27.6 Å². The van der Waals surface area contributed by atoms with Crippen LogP contribution in [0.1, 0.15) is 49.6 Å². The standard InChI is InChI=1S/C14H18BrNO3/c1-10(17)9-11-5-3-2-4-8-16(11)14(18)12-6-7-13(15)19-12/h6-7,11H,2-5,8-9H2,1H3. The molecule has 0 aliphatic carbocycles. The number of hydrogen-bond acceptors (Lipinski definition) is 3. The Morgan fingerprint density at radius 2 is 2.16 bits per heavy atom. The molecule has 1 atom stereocenters. The van der Waals surface area contributed by atoms with Crippen molar-refractivity contribution in [2.75, 3.05) is 6.54 Å². The van der Waals surface area contributed by atoms with Crippen molar-refractivity contribution in [2.45, 2.75) is 45.1 Å². The SMILES string of the molecule is CC(=O)CC1CCCCCN1C(=O)c1ccc(Br)o1. The summed E-state index contributed by atoms with van der Waals surface area (Å²) in [5.74, 6) is 0.353. The number of ketones is 1. The van der Waals surface area contributed by atoms with E-state index in [9.17, 15) is 9.59 Å². The molecule has 4 nitrogen and oxygen atoms in total. The fourth-order valence-corrected chi connectivity index (χ4v) is 2.87. The van der Waals surface area contributed by atoms with Crippen LogP contribution in [0.5, 0.6) is 0 Å². The molecule has 1 aliphatic rings. The third kappa shape index (κ3) is 3.69. The minimum absolute atomic E-state index is 0.0105. The zero-order valence-electron chi connectivity index (χ0n) is 11.0. The second-order valence-corrected chi connectivity index (χ2v) is 5.79. The fraction of sp³-hybridized carbons (Fsp3) is 0.571. The lowest BCUT2D eigenvalue weighted by atomic mass is 10.0. The van der Waals surface area contributed by atoms with Crippen molar-refractivity contribution < 1.29 is 14.0 Å². The topological polar surface area (TPSA) is 50.5 Å². The number of nitrogens with zero attached hydrogens (tertiary/aromatic N) is 1. The highest BCUT2D eigenvalue weighted by molar-refractivity contribution is 9.10. The lowest BCUT2D eigenvalue weighted by molar-refractivity contribution is -0.118. The molecule has 19 heavy (non-hydrogen) atoms. The van der Waals surface area contributed by atoms with Gasteiger partial charge in [-0.2, -0.15) is 0 Å². The molecule has 1 fully saturated rings. The van der Waals surface area contributed by atoms with E-state index < -0.39 is 0 Å². The number of likely N-dealkylation sites (tertiary alicyclic amines) is 1. The van der Waals surface area contributed by atoms with Crippen LogP contribution in [0.4, 0.5) is 0 Å². The molecule has 0 radical (unpaired) electrons. The van der Waals surface area contributed by atoms with Gasteiger partial charge in [-0.15, -0.1) is 0 Å². The van der Waals surface area contributed by atoms with Gasteiger partial charge < -0.3 is 9.32 Å². The quantitative estimate of drug-likeness (QED) is 0.854. The van der Waals surface area contributed by atoms with Gasteiger partial charge in [0.25, 0.3) is 5.91 Å². The number of Topliss-reactive ketones (excluding diaryl/α,β-unsaturated/α-hetero) is 1. The number of carbonyl (C=O) groups is 2. The number of hydrogen-bond donors (Lipinski definition) is 0. The second-order valence-electron chi connectivity index (χ2n) is 5.01. The molecule has 0 spiro atoms. The zero-order chi connectivity index (χ0) is 13.8. The maximum Gasteiger partial charge on any atom is 0.289 e. The van der Waals surface area contributed by atoms with Gasteiger partial charge in [0.05, 0.1) is 0 Å². The highest BCUT2D eigenvalue weighted by Crippen LogP contribution is 2.23. The van der Waals surface area contributed by atoms with Crippen molar-refractivity contribution in [1.82, 2.24) is 4.90 Å².